The van der Waals surface area contributed by atoms with Crippen LogP contribution in [0, 0.1) is 0 Å². The maximum absolute atomic E-state index is 12.8. The second-order valence-corrected chi connectivity index (χ2v) is 11.6. The third kappa shape index (κ3) is 10.9. The summed E-state index contributed by atoms with van der Waals surface area (Å²) in [4.78, 5) is 33.9. The van der Waals surface area contributed by atoms with Crippen LogP contribution in [0.15, 0.2) is 60.7 Å². The van der Waals surface area contributed by atoms with Gasteiger partial charge in [-0.2, -0.15) is 0 Å². The number of benzene rings is 2. The largest absolute Gasteiger partial charge is 0.368 e. The predicted molar refractivity (Wildman–Crippen MR) is 180 cm³/mol. The minimum Gasteiger partial charge on any atom is -0.368 e. The van der Waals surface area contributed by atoms with Crippen LogP contribution in [0.3, 0.4) is 0 Å². The lowest BCUT2D eigenvalue weighted by Gasteiger charge is -2.37. The predicted octanol–water partition coefficient (Wildman–Crippen LogP) is 3.41. The number of halogens is 4. The molecule has 0 spiro atoms. The number of nitrogens with two attached hydrogens (primary N) is 2. The zero-order valence-electron chi connectivity index (χ0n) is 22.2. The molecule has 2 fully saturated rings. The summed E-state index contributed by atoms with van der Waals surface area (Å²) >= 11 is 0. The second-order valence-electron chi connectivity index (χ2n) is 9.08. The quantitative estimate of drug-likeness (QED) is 0.309. The highest BCUT2D eigenvalue weighted by molar-refractivity contribution is 8.76. The molecule has 0 aromatic heterocycles. The molecule has 40 heavy (non-hydrogen) atoms. The molecule has 4 rings (SSSR count). The fourth-order valence-electron chi connectivity index (χ4n) is 4.50. The molecule has 2 amide bonds. The van der Waals surface area contributed by atoms with E-state index >= 15 is 0 Å². The van der Waals surface area contributed by atoms with Crippen LogP contribution in [0.2, 0.25) is 0 Å². The monoisotopic (exact) mass is 672 g/mol. The van der Waals surface area contributed by atoms with Gasteiger partial charge < -0.3 is 31.1 Å². The summed E-state index contributed by atoms with van der Waals surface area (Å²) in [5.41, 5.74) is 14.8. The molecule has 2 atom stereocenters. The topological polar surface area (TPSA) is 99.1 Å². The van der Waals surface area contributed by atoms with Crippen LogP contribution in [0.1, 0.15) is 0 Å². The van der Waals surface area contributed by atoms with Crippen LogP contribution in [0.5, 0.6) is 0 Å². The first-order valence-electron chi connectivity index (χ1n) is 12.5. The molecule has 2 aromatic rings. The summed E-state index contributed by atoms with van der Waals surface area (Å²) in [7, 11) is 3.03. The molecule has 2 heterocycles. The van der Waals surface area contributed by atoms with Crippen molar-refractivity contribution in [2.45, 2.75) is 12.1 Å². The van der Waals surface area contributed by atoms with Crippen molar-refractivity contribution in [3.05, 3.63) is 60.7 Å². The van der Waals surface area contributed by atoms with Crippen molar-refractivity contribution in [3.8, 4) is 0 Å². The molecule has 2 aromatic carbocycles. The number of rotatable bonds is 9. The molecular weight excluding hydrogens is 634 g/mol. The van der Waals surface area contributed by atoms with E-state index in [2.05, 4.69) is 34.1 Å². The Labute approximate surface area is 270 Å². The van der Waals surface area contributed by atoms with E-state index in [0.29, 0.717) is 37.7 Å². The highest BCUT2D eigenvalue weighted by Crippen LogP contribution is 2.24. The van der Waals surface area contributed by atoms with Gasteiger partial charge in [0.15, 0.2) is 0 Å². The van der Waals surface area contributed by atoms with Gasteiger partial charge in [0.2, 0.25) is 11.8 Å². The van der Waals surface area contributed by atoms with Gasteiger partial charge in [-0.3, -0.25) is 9.59 Å². The van der Waals surface area contributed by atoms with Crippen LogP contribution in [-0.2, 0) is 9.59 Å². The lowest BCUT2D eigenvalue weighted by atomic mass is 10.2. The van der Waals surface area contributed by atoms with Gasteiger partial charge in [-0.05, 0) is 24.3 Å². The summed E-state index contributed by atoms with van der Waals surface area (Å²) in [6.45, 7) is 5.93. The van der Waals surface area contributed by atoms with Crippen LogP contribution in [0.25, 0.3) is 0 Å². The molecular formula is C26H40Cl4N6O2S2. The Morgan fingerprint density at radius 1 is 0.575 bits per heavy atom. The summed E-state index contributed by atoms with van der Waals surface area (Å²) in [6.07, 6.45) is 0. The Kier molecular flexibility index (Phi) is 19.2. The summed E-state index contributed by atoms with van der Waals surface area (Å²) in [5.74, 6) is 0.984. The van der Waals surface area contributed by atoms with Crippen molar-refractivity contribution in [3.63, 3.8) is 0 Å². The van der Waals surface area contributed by atoms with Gasteiger partial charge >= 0.3 is 0 Å². The maximum atomic E-state index is 12.8. The SMILES string of the molecule is Cl.Cl.Cl.Cl.N[C@@H](CSSC[C@H](N)C(=O)N1CCN(c2ccccc2)CC1)C(=O)N1CCN(c2ccccc2)CC1. The molecule has 0 saturated carbocycles. The second kappa shape index (κ2) is 19.8. The van der Waals surface area contributed by atoms with Crippen LogP contribution in [0.4, 0.5) is 11.4 Å². The number of anilines is 2. The van der Waals surface area contributed by atoms with Crippen molar-refractivity contribution in [1.82, 2.24) is 9.80 Å². The number of carbonyl (C=O) groups excluding carboxylic acids is 2. The minimum absolute atomic E-state index is 0. The Bertz CT molecular complexity index is 906. The fraction of sp³-hybridized carbons (Fsp3) is 0.462. The lowest BCUT2D eigenvalue weighted by Crippen LogP contribution is -2.54. The summed E-state index contributed by atoms with van der Waals surface area (Å²) in [5, 5.41) is 0. The standard InChI is InChI=1S/C26H36N6O2S2.4ClH/c27-23(25(33)31-15-11-29(12-16-31)21-7-3-1-4-8-21)19-35-36-20-24(28)26(34)32-17-13-30(14-18-32)22-9-5-2-6-10-22;;;;/h1-10,23-24H,11-20,27-28H2;4*1H/t23-,24-;;;;/m0..../s1. The number of hydrogen-bond acceptors (Lipinski definition) is 8. The highest BCUT2D eigenvalue weighted by atomic mass is 35.5. The van der Waals surface area contributed by atoms with E-state index < -0.39 is 12.1 Å². The molecule has 4 N–H and O–H groups in total. The smallest absolute Gasteiger partial charge is 0.240 e. The van der Waals surface area contributed by atoms with Crippen LogP contribution < -0.4 is 21.3 Å². The number of amides is 2. The number of carbonyl (C=O) groups is 2. The van der Waals surface area contributed by atoms with E-state index in [0.717, 1.165) is 26.2 Å². The van der Waals surface area contributed by atoms with Gasteiger partial charge in [-0.25, -0.2) is 0 Å². The maximum Gasteiger partial charge on any atom is 0.240 e. The molecule has 2 saturated heterocycles. The Morgan fingerprint density at radius 3 is 1.18 bits per heavy atom. The molecule has 14 heteroatoms. The molecule has 0 aliphatic carbocycles. The van der Waals surface area contributed by atoms with Gasteiger partial charge in [0.25, 0.3) is 0 Å². The van der Waals surface area contributed by atoms with Gasteiger partial charge in [-0.15, -0.1) is 49.6 Å². The van der Waals surface area contributed by atoms with E-state index in [4.69, 9.17) is 11.5 Å². The number of nitrogens with zero attached hydrogens (tertiary/aromatic N) is 4. The summed E-state index contributed by atoms with van der Waals surface area (Å²) in [6, 6.07) is 19.4. The van der Waals surface area contributed by atoms with Crippen molar-refractivity contribution in [2.75, 3.05) is 73.7 Å². The van der Waals surface area contributed by atoms with Crippen LogP contribution in [-0.4, -0.2) is 97.6 Å². The zero-order chi connectivity index (χ0) is 25.3. The average molecular weight is 675 g/mol. The van der Waals surface area contributed by atoms with Crippen molar-refractivity contribution in [1.29, 1.82) is 0 Å². The van der Waals surface area contributed by atoms with E-state index in [9.17, 15) is 9.59 Å². The van der Waals surface area contributed by atoms with Crippen molar-refractivity contribution < 1.29 is 9.59 Å². The molecule has 2 aliphatic rings. The minimum atomic E-state index is -0.552. The molecule has 2 aliphatic heterocycles. The Hall–Kier alpha value is -1.24. The molecule has 8 nitrogen and oxygen atoms in total. The molecule has 0 unspecified atom stereocenters. The van der Waals surface area contributed by atoms with E-state index in [1.807, 2.05) is 46.2 Å². The normalized spacial score (nSPS) is 16.4. The van der Waals surface area contributed by atoms with E-state index in [1.54, 1.807) is 0 Å². The van der Waals surface area contributed by atoms with E-state index in [-0.39, 0.29) is 61.4 Å². The first-order chi connectivity index (χ1) is 17.5. The number of hydrogen-bond donors (Lipinski definition) is 2. The van der Waals surface area contributed by atoms with Gasteiger partial charge in [0.05, 0.1) is 12.1 Å². The number of piperazine rings is 2. The molecule has 0 radical (unpaired) electrons. The van der Waals surface area contributed by atoms with E-state index in [1.165, 1.54) is 33.0 Å². The third-order valence-corrected chi connectivity index (χ3v) is 9.11. The van der Waals surface area contributed by atoms with Crippen molar-refractivity contribution in [2.24, 2.45) is 11.5 Å². The Morgan fingerprint density at radius 2 is 0.875 bits per heavy atom. The first-order valence-corrected chi connectivity index (χ1v) is 14.9. The fourth-order valence-corrected chi connectivity index (χ4v) is 6.73. The Balaban J connectivity index is 0.00000380. The van der Waals surface area contributed by atoms with Crippen molar-refractivity contribution >= 4 is 94.4 Å². The first kappa shape index (κ1) is 38.8. The summed E-state index contributed by atoms with van der Waals surface area (Å²) < 4.78 is 0. The number of para-hydroxylation sites is 2. The molecule has 0 bridgehead atoms. The average Bonchev–Trinajstić information content (AvgIpc) is 2.95. The van der Waals surface area contributed by atoms with Gasteiger partial charge in [-0.1, -0.05) is 58.0 Å². The van der Waals surface area contributed by atoms with Gasteiger partial charge in [0.1, 0.15) is 0 Å². The van der Waals surface area contributed by atoms with Gasteiger partial charge in [0, 0.05) is 75.2 Å². The third-order valence-electron chi connectivity index (χ3n) is 6.64. The lowest BCUT2D eigenvalue weighted by molar-refractivity contribution is -0.133. The highest BCUT2D eigenvalue weighted by Gasteiger charge is 2.27. The zero-order valence-corrected chi connectivity index (χ0v) is 27.1. The molecule has 226 valence electrons. The van der Waals surface area contributed by atoms with Crippen LogP contribution >= 0.6 is 71.2 Å².